The highest BCUT2D eigenvalue weighted by atomic mass is 32.2. The summed E-state index contributed by atoms with van der Waals surface area (Å²) in [6, 6.07) is 3.25. The molecule has 0 spiro atoms. The topological polar surface area (TPSA) is 99.4 Å². The number of pyridine rings is 1. The van der Waals surface area contributed by atoms with Crippen molar-refractivity contribution in [1.29, 1.82) is 0 Å². The van der Waals surface area contributed by atoms with E-state index in [1.807, 2.05) is 49.1 Å². The zero-order chi connectivity index (χ0) is 20.1. The molecule has 1 aromatic rings. The van der Waals surface area contributed by atoms with Gasteiger partial charge in [-0.3, -0.25) is 14.6 Å². The summed E-state index contributed by atoms with van der Waals surface area (Å²) in [4.78, 5) is 33.9. The third-order valence-corrected chi connectivity index (χ3v) is 4.75. The lowest BCUT2D eigenvalue weighted by atomic mass is 10.1. The standard InChI is InChI=1S/C20H14N6O2S/c27-19(16-2-1-7-22-12-16)25-23-13-17-18(24-20(28)29-17)26-10-5-15(6-11-26)14-3-8-21-9-4-14/h1-13,21H/b17-13-,25-23?. The zero-order valence-electron chi connectivity index (χ0n) is 15.0. The molecule has 8 nitrogen and oxygen atoms in total. The van der Waals surface area contributed by atoms with Crippen molar-refractivity contribution in [3.8, 4) is 0 Å². The zero-order valence-corrected chi connectivity index (χ0v) is 15.8. The maximum atomic E-state index is 12.0. The van der Waals surface area contributed by atoms with Crippen LogP contribution >= 0.6 is 11.8 Å². The number of dihydropyridines is 1. The maximum absolute atomic E-state index is 12.0. The Morgan fingerprint density at radius 1 is 1.14 bits per heavy atom. The fourth-order valence-electron chi connectivity index (χ4n) is 2.59. The van der Waals surface area contributed by atoms with Crippen LogP contribution in [0, 0.1) is 0 Å². The lowest BCUT2D eigenvalue weighted by Crippen LogP contribution is -2.20. The highest BCUT2D eigenvalue weighted by Gasteiger charge is 2.25. The minimum Gasteiger partial charge on any atom is -0.368 e. The Kier molecular flexibility index (Phi) is 5.39. The number of rotatable bonds is 2. The average Bonchev–Trinajstić information content (AvgIpc) is 3.15. The van der Waals surface area contributed by atoms with Crippen LogP contribution in [0.5, 0.6) is 0 Å². The fourth-order valence-corrected chi connectivity index (χ4v) is 3.26. The van der Waals surface area contributed by atoms with Gasteiger partial charge in [0, 0.05) is 37.2 Å². The molecular formula is C20H14N6O2S. The van der Waals surface area contributed by atoms with Crippen LogP contribution in [-0.2, 0) is 0 Å². The summed E-state index contributed by atoms with van der Waals surface area (Å²) in [5, 5.41) is 10.1. The molecule has 4 rings (SSSR count). The SMILES string of the molecule is O=C1N=C(N2C=CC(=C3C=CNC=C3)C=C2)/C(=C/N=NC(=O)c2cccnc2)S1. The lowest BCUT2D eigenvalue weighted by Gasteiger charge is -2.19. The van der Waals surface area contributed by atoms with Crippen molar-refractivity contribution in [2.45, 2.75) is 0 Å². The Morgan fingerprint density at radius 2 is 1.90 bits per heavy atom. The fraction of sp³-hybridized carbons (Fsp3) is 0. The van der Waals surface area contributed by atoms with Gasteiger partial charge in [0.05, 0.1) is 16.7 Å². The number of nitrogens with zero attached hydrogens (tertiary/aromatic N) is 5. The molecule has 4 heterocycles. The van der Waals surface area contributed by atoms with Crippen LogP contribution in [0.2, 0.25) is 0 Å². The normalized spacial score (nSPS) is 19.4. The Morgan fingerprint density at radius 3 is 2.62 bits per heavy atom. The summed E-state index contributed by atoms with van der Waals surface area (Å²) in [5.41, 5.74) is 2.43. The molecule has 0 atom stereocenters. The van der Waals surface area contributed by atoms with Crippen LogP contribution in [0.4, 0.5) is 4.79 Å². The molecule has 142 valence electrons. The average molecular weight is 402 g/mol. The number of nitrogens with one attached hydrogen (secondary N) is 1. The number of carbonyl (C=O) groups is 2. The lowest BCUT2D eigenvalue weighted by molar-refractivity contribution is 0.0994. The van der Waals surface area contributed by atoms with Gasteiger partial charge >= 0.3 is 5.24 Å². The molecule has 0 saturated carbocycles. The van der Waals surface area contributed by atoms with Gasteiger partial charge in [-0.2, -0.15) is 10.1 Å². The van der Waals surface area contributed by atoms with Crippen molar-refractivity contribution >= 4 is 28.7 Å². The molecular weight excluding hydrogens is 388 g/mol. The molecule has 1 N–H and O–H groups in total. The molecule has 9 heteroatoms. The molecule has 0 unspecified atom stereocenters. The van der Waals surface area contributed by atoms with Gasteiger partial charge in [-0.15, -0.1) is 5.11 Å². The summed E-state index contributed by atoms with van der Waals surface area (Å²) in [5.74, 6) is -0.0828. The number of thioether (sulfide) groups is 1. The third kappa shape index (κ3) is 4.36. The van der Waals surface area contributed by atoms with Crippen molar-refractivity contribution in [1.82, 2.24) is 15.2 Å². The number of hydrogen-bond donors (Lipinski definition) is 1. The van der Waals surface area contributed by atoms with E-state index in [4.69, 9.17) is 0 Å². The van der Waals surface area contributed by atoms with Gasteiger partial charge < -0.3 is 10.2 Å². The van der Waals surface area contributed by atoms with E-state index in [0.29, 0.717) is 16.3 Å². The van der Waals surface area contributed by atoms with Crippen LogP contribution in [-0.4, -0.2) is 26.9 Å². The van der Waals surface area contributed by atoms with Crippen LogP contribution in [0.1, 0.15) is 10.4 Å². The highest BCUT2D eigenvalue weighted by Crippen LogP contribution is 2.30. The molecule has 29 heavy (non-hydrogen) atoms. The summed E-state index contributed by atoms with van der Waals surface area (Å²) < 4.78 is 0. The molecule has 0 aromatic carbocycles. The molecule has 0 bridgehead atoms. The van der Waals surface area contributed by atoms with Gasteiger partial charge in [0.1, 0.15) is 0 Å². The first-order valence-corrected chi connectivity index (χ1v) is 9.37. The second-order valence-corrected chi connectivity index (χ2v) is 6.84. The second kappa shape index (κ2) is 8.44. The minimum absolute atomic E-state index is 0.335. The predicted molar refractivity (Wildman–Crippen MR) is 110 cm³/mol. The van der Waals surface area contributed by atoms with Crippen LogP contribution in [0.15, 0.2) is 111 Å². The summed E-state index contributed by atoms with van der Waals surface area (Å²) in [7, 11) is 0. The van der Waals surface area contributed by atoms with Crippen molar-refractivity contribution in [3.05, 3.63) is 101 Å². The van der Waals surface area contributed by atoms with E-state index in [1.165, 1.54) is 12.4 Å². The third-order valence-electron chi connectivity index (χ3n) is 3.97. The summed E-state index contributed by atoms with van der Waals surface area (Å²) >= 11 is 0.933. The van der Waals surface area contributed by atoms with E-state index in [2.05, 4.69) is 25.5 Å². The summed E-state index contributed by atoms with van der Waals surface area (Å²) in [6.07, 6.45) is 19.5. The van der Waals surface area contributed by atoms with Gasteiger partial charge in [0.2, 0.25) is 0 Å². The number of carbonyl (C=O) groups excluding carboxylic acids is 2. The van der Waals surface area contributed by atoms with Gasteiger partial charge in [0.25, 0.3) is 5.91 Å². The largest absolute Gasteiger partial charge is 0.368 e. The van der Waals surface area contributed by atoms with Crippen LogP contribution < -0.4 is 5.32 Å². The first kappa shape index (κ1) is 18.5. The smallest absolute Gasteiger partial charge is 0.311 e. The number of amidine groups is 1. The van der Waals surface area contributed by atoms with Gasteiger partial charge in [-0.1, -0.05) is 0 Å². The number of azo groups is 1. The number of aliphatic imine (C=N–C) groups is 1. The highest BCUT2D eigenvalue weighted by molar-refractivity contribution is 8.18. The molecule has 0 radical (unpaired) electrons. The number of amides is 2. The van der Waals surface area contributed by atoms with Crippen LogP contribution in [0.25, 0.3) is 0 Å². The van der Waals surface area contributed by atoms with E-state index in [9.17, 15) is 9.59 Å². The van der Waals surface area contributed by atoms with E-state index in [-0.39, 0.29) is 5.24 Å². The van der Waals surface area contributed by atoms with Crippen molar-refractivity contribution in [2.24, 2.45) is 15.2 Å². The van der Waals surface area contributed by atoms with E-state index >= 15 is 0 Å². The Labute approximate surface area is 170 Å². The van der Waals surface area contributed by atoms with Gasteiger partial charge in [-0.25, -0.2) is 0 Å². The van der Waals surface area contributed by atoms with Gasteiger partial charge in [0.15, 0.2) is 5.84 Å². The Hall–Kier alpha value is -3.85. The first-order valence-electron chi connectivity index (χ1n) is 8.55. The number of hydrogen-bond acceptors (Lipinski definition) is 7. The number of allylic oxidation sites excluding steroid dienone is 6. The predicted octanol–water partition coefficient (Wildman–Crippen LogP) is 4.05. The molecule has 1 aromatic heterocycles. The second-order valence-electron chi connectivity index (χ2n) is 5.84. The molecule has 0 fully saturated rings. The van der Waals surface area contributed by atoms with E-state index < -0.39 is 5.91 Å². The van der Waals surface area contributed by atoms with E-state index in [1.54, 1.807) is 23.2 Å². The quantitative estimate of drug-likeness (QED) is 0.749. The monoisotopic (exact) mass is 402 g/mol. The molecule has 0 saturated heterocycles. The van der Waals surface area contributed by atoms with Gasteiger partial charge in [-0.05, 0) is 59.3 Å². The van der Waals surface area contributed by atoms with Crippen molar-refractivity contribution in [3.63, 3.8) is 0 Å². The van der Waals surface area contributed by atoms with Crippen molar-refractivity contribution in [2.75, 3.05) is 0 Å². The van der Waals surface area contributed by atoms with Crippen LogP contribution in [0.3, 0.4) is 0 Å². The minimum atomic E-state index is -0.514. The summed E-state index contributed by atoms with van der Waals surface area (Å²) in [6.45, 7) is 0. The Balaban J connectivity index is 1.49. The first-order chi connectivity index (χ1) is 14.2. The molecule has 3 aliphatic rings. The molecule has 2 amide bonds. The molecule has 3 aliphatic heterocycles. The van der Waals surface area contributed by atoms with E-state index in [0.717, 1.165) is 22.9 Å². The molecule has 0 aliphatic carbocycles. The number of aromatic nitrogens is 1. The van der Waals surface area contributed by atoms with Crippen molar-refractivity contribution < 1.29 is 9.59 Å². The maximum Gasteiger partial charge on any atom is 0.311 e. The Bertz CT molecular complexity index is 1060.